The lowest BCUT2D eigenvalue weighted by molar-refractivity contribution is 0.199. The molecular formula is C20H17N3O2S2. The van der Waals surface area contributed by atoms with Gasteiger partial charge in [-0.1, -0.05) is 0 Å². The van der Waals surface area contributed by atoms with Crippen LogP contribution in [0.1, 0.15) is 6.42 Å². The number of thiazole rings is 1. The van der Waals surface area contributed by atoms with Gasteiger partial charge in [-0.2, -0.15) is 0 Å². The Hall–Kier alpha value is -2.35. The van der Waals surface area contributed by atoms with Crippen molar-refractivity contribution < 1.29 is 8.95 Å². The lowest BCUT2D eigenvalue weighted by Crippen LogP contribution is -2.14. The van der Waals surface area contributed by atoms with Crippen molar-refractivity contribution in [3.8, 4) is 0 Å². The highest BCUT2D eigenvalue weighted by molar-refractivity contribution is 7.85. The molecule has 2 atom stereocenters. The van der Waals surface area contributed by atoms with Crippen LogP contribution in [-0.4, -0.2) is 32.6 Å². The maximum absolute atomic E-state index is 12.9. The van der Waals surface area contributed by atoms with E-state index >= 15 is 0 Å². The van der Waals surface area contributed by atoms with E-state index in [0.717, 1.165) is 43.8 Å². The third-order valence-corrected chi connectivity index (χ3v) is 7.25. The zero-order valence-electron chi connectivity index (χ0n) is 14.4. The predicted octanol–water partition coefficient (Wildman–Crippen LogP) is 4.48. The summed E-state index contributed by atoms with van der Waals surface area (Å²) >= 11 is 1.63. The first-order valence-corrected chi connectivity index (χ1v) is 10.8. The lowest BCUT2D eigenvalue weighted by Gasteiger charge is -2.12. The Morgan fingerprint density at radius 2 is 2.07 bits per heavy atom. The molecule has 3 heterocycles. The summed E-state index contributed by atoms with van der Waals surface area (Å²) in [5.74, 6) is 0. The van der Waals surface area contributed by atoms with Crippen LogP contribution < -0.4 is 5.32 Å². The van der Waals surface area contributed by atoms with Gasteiger partial charge in [0.1, 0.15) is 0 Å². The van der Waals surface area contributed by atoms with Gasteiger partial charge in [0.25, 0.3) is 0 Å². The number of fused-ring (bicyclic) bond motifs is 2. The highest BCUT2D eigenvalue weighted by Crippen LogP contribution is 2.30. The molecule has 5 rings (SSSR count). The Morgan fingerprint density at radius 1 is 1.11 bits per heavy atom. The van der Waals surface area contributed by atoms with E-state index in [4.69, 9.17) is 4.74 Å². The van der Waals surface area contributed by atoms with Gasteiger partial charge < -0.3 is 10.1 Å². The first-order chi connectivity index (χ1) is 13.3. The average molecular weight is 396 g/mol. The lowest BCUT2D eigenvalue weighted by atomic mass is 10.2. The molecule has 2 aromatic carbocycles. The van der Waals surface area contributed by atoms with Crippen molar-refractivity contribution in [3.05, 3.63) is 54.2 Å². The Bertz CT molecular complexity index is 1150. The van der Waals surface area contributed by atoms with E-state index in [0.29, 0.717) is 13.2 Å². The Kier molecular flexibility index (Phi) is 4.35. The molecule has 2 unspecified atom stereocenters. The molecule has 2 aromatic heterocycles. The van der Waals surface area contributed by atoms with Crippen molar-refractivity contribution >= 4 is 54.6 Å². The van der Waals surface area contributed by atoms with E-state index in [2.05, 4.69) is 21.4 Å². The van der Waals surface area contributed by atoms with Crippen LogP contribution >= 0.6 is 11.3 Å². The number of rotatable bonds is 4. The number of nitrogens with zero attached hydrogens (tertiary/aromatic N) is 2. The second-order valence-electron chi connectivity index (χ2n) is 6.48. The van der Waals surface area contributed by atoms with Crippen molar-refractivity contribution in [2.45, 2.75) is 16.6 Å². The predicted molar refractivity (Wildman–Crippen MR) is 110 cm³/mol. The molecule has 5 nitrogen and oxygen atoms in total. The van der Waals surface area contributed by atoms with Crippen molar-refractivity contribution in [2.75, 3.05) is 18.5 Å². The van der Waals surface area contributed by atoms with Gasteiger partial charge in [-0.3, -0.25) is 9.19 Å². The first kappa shape index (κ1) is 16.8. The molecule has 0 radical (unpaired) electrons. The number of hydrogen-bond donors (Lipinski definition) is 1. The summed E-state index contributed by atoms with van der Waals surface area (Å²) in [5.41, 5.74) is 5.61. The third kappa shape index (κ3) is 3.22. The van der Waals surface area contributed by atoms with Gasteiger partial charge in [-0.05, 0) is 48.9 Å². The normalized spacial score (nSPS) is 18.1. The Morgan fingerprint density at radius 3 is 2.96 bits per heavy atom. The fourth-order valence-corrected chi connectivity index (χ4v) is 5.33. The zero-order valence-corrected chi connectivity index (χ0v) is 16.1. The molecule has 27 heavy (non-hydrogen) atoms. The number of hydrogen-bond acceptors (Lipinski definition) is 6. The summed E-state index contributed by atoms with van der Waals surface area (Å²) in [6.07, 6.45) is 2.63. The van der Waals surface area contributed by atoms with Crippen molar-refractivity contribution in [2.24, 2.45) is 0 Å². The Balaban J connectivity index is 1.52. The van der Waals surface area contributed by atoms with Gasteiger partial charge in [-0.15, -0.1) is 11.3 Å². The van der Waals surface area contributed by atoms with Crippen LogP contribution in [0.15, 0.2) is 59.1 Å². The second-order valence-corrected chi connectivity index (χ2v) is 9.10. The molecule has 136 valence electrons. The fourth-order valence-electron chi connectivity index (χ4n) is 3.32. The summed E-state index contributed by atoms with van der Waals surface area (Å²) in [4.78, 5) is 9.65. The van der Waals surface area contributed by atoms with Gasteiger partial charge >= 0.3 is 0 Å². The molecular weight excluding hydrogens is 378 g/mol. The van der Waals surface area contributed by atoms with Crippen LogP contribution in [0.2, 0.25) is 0 Å². The van der Waals surface area contributed by atoms with Crippen LogP contribution in [0.4, 0.5) is 11.4 Å². The number of pyridine rings is 1. The molecule has 0 spiro atoms. The first-order valence-electron chi connectivity index (χ1n) is 8.75. The number of benzene rings is 2. The van der Waals surface area contributed by atoms with E-state index in [9.17, 15) is 4.21 Å². The topological polar surface area (TPSA) is 64.1 Å². The van der Waals surface area contributed by atoms with Crippen LogP contribution in [0.3, 0.4) is 0 Å². The van der Waals surface area contributed by atoms with E-state index in [-0.39, 0.29) is 5.25 Å². The summed E-state index contributed by atoms with van der Waals surface area (Å²) in [7, 11) is -1.07. The molecule has 1 saturated heterocycles. The van der Waals surface area contributed by atoms with E-state index in [1.54, 1.807) is 17.5 Å². The smallest absolute Gasteiger partial charge is 0.0832 e. The highest BCUT2D eigenvalue weighted by atomic mass is 32.2. The quantitative estimate of drug-likeness (QED) is 0.552. The fraction of sp³-hybridized carbons (Fsp3) is 0.200. The standard InChI is InChI=1S/C20H17N3O2S2/c24-27(15-6-8-25-11-15)14-2-3-17-16(10-14)18(5-7-21-17)23-13-1-4-20-19(9-13)22-12-26-20/h1-5,7,9-10,12,15H,6,8,11H2,(H,21,23). The van der Waals surface area contributed by atoms with Crippen LogP contribution in [0, 0.1) is 0 Å². The molecule has 0 amide bonds. The molecule has 0 aliphatic carbocycles. The minimum atomic E-state index is -1.07. The molecule has 0 saturated carbocycles. The Labute approximate surface area is 162 Å². The molecule has 1 aliphatic heterocycles. The highest BCUT2D eigenvalue weighted by Gasteiger charge is 2.23. The van der Waals surface area contributed by atoms with Gasteiger partial charge in [0.05, 0.1) is 43.9 Å². The maximum atomic E-state index is 12.9. The molecule has 1 fully saturated rings. The van der Waals surface area contributed by atoms with Crippen LogP contribution in [0.25, 0.3) is 21.1 Å². The molecule has 1 N–H and O–H groups in total. The van der Waals surface area contributed by atoms with Gasteiger partial charge in [0.15, 0.2) is 0 Å². The second kappa shape index (κ2) is 6.99. The average Bonchev–Trinajstić information content (AvgIpc) is 3.39. The van der Waals surface area contributed by atoms with Crippen molar-refractivity contribution in [3.63, 3.8) is 0 Å². The summed E-state index contributed by atoms with van der Waals surface area (Å²) in [5, 5.41) is 4.50. The number of aromatic nitrogens is 2. The summed E-state index contributed by atoms with van der Waals surface area (Å²) < 4.78 is 19.4. The SMILES string of the molecule is O=S(c1ccc2nccc(Nc3ccc4scnc4c3)c2c1)C1CCOC1. The van der Waals surface area contributed by atoms with E-state index in [1.165, 1.54) is 0 Å². The van der Waals surface area contributed by atoms with Gasteiger partial charge in [-0.25, -0.2) is 4.98 Å². The molecule has 1 aliphatic rings. The summed E-state index contributed by atoms with van der Waals surface area (Å²) in [6, 6.07) is 13.9. The summed E-state index contributed by atoms with van der Waals surface area (Å²) in [6.45, 7) is 1.26. The molecule has 4 aromatic rings. The van der Waals surface area contributed by atoms with Gasteiger partial charge in [0, 0.05) is 34.5 Å². The van der Waals surface area contributed by atoms with E-state index < -0.39 is 10.8 Å². The zero-order chi connectivity index (χ0) is 18.2. The third-order valence-electron chi connectivity index (χ3n) is 4.75. The minimum Gasteiger partial charge on any atom is -0.380 e. The van der Waals surface area contributed by atoms with Gasteiger partial charge in [0.2, 0.25) is 0 Å². The monoisotopic (exact) mass is 395 g/mol. The number of nitrogens with one attached hydrogen (secondary N) is 1. The number of ether oxygens (including phenoxy) is 1. The van der Waals surface area contributed by atoms with Crippen LogP contribution in [0.5, 0.6) is 0 Å². The molecule has 7 heteroatoms. The van der Waals surface area contributed by atoms with Crippen molar-refractivity contribution in [1.82, 2.24) is 9.97 Å². The largest absolute Gasteiger partial charge is 0.380 e. The number of anilines is 2. The van der Waals surface area contributed by atoms with E-state index in [1.807, 2.05) is 41.9 Å². The maximum Gasteiger partial charge on any atom is 0.0832 e. The molecule has 0 bridgehead atoms. The van der Waals surface area contributed by atoms with Crippen molar-refractivity contribution in [1.29, 1.82) is 0 Å². The minimum absolute atomic E-state index is 0.0719. The van der Waals surface area contributed by atoms with Crippen LogP contribution in [-0.2, 0) is 15.5 Å².